The first kappa shape index (κ1) is 20.8. The lowest BCUT2D eigenvalue weighted by atomic mass is 10.1. The largest absolute Gasteiger partial charge is 1.00 e. The van der Waals surface area contributed by atoms with E-state index in [-0.39, 0.29) is 24.8 Å². The minimum atomic E-state index is 0. The summed E-state index contributed by atoms with van der Waals surface area (Å²) in [6.45, 7) is 8.22. The molecule has 132 valence electrons. The molecule has 3 nitrogen and oxygen atoms in total. The van der Waals surface area contributed by atoms with Gasteiger partial charge in [-0.25, -0.2) is 0 Å². The molecular weight excluding hydrogens is 343 g/mol. The van der Waals surface area contributed by atoms with Crippen LogP contribution in [0.3, 0.4) is 0 Å². The molecule has 5 heteroatoms. The first-order valence-corrected chi connectivity index (χ1v) is 8.23. The third kappa shape index (κ3) is 5.38. The first-order valence-electron chi connectivity index (χ1n) is 8.23. The average Bonchev–Trinajstić information content (AvgIpc) is 2.56. The molecule has 3 N–H and O–H groups in total. The van der Waals surface area contributed by atoms with Crippen LogP contribution >= 0.6 is 0 Å². The molecule has 1 heterocycles. The van der Waals surface area contributed by atoms with Crippen LogP contribution in [0.15, 0.2) is 54.6 Å². The van der Waals surface area contributed by atoms with Crippen molar-refractivity contribution in [3.63, 3.8) is 0 Å². The number of hydrogen-bond donors (Lipinski definition) is 3. The van der Waals surface area contributed by atoms with Gasteiger partial charge in [0.15, 0.2) is 0 Å². The van der Waals surface area contributed by atoms with E-state index in [1.807, 2.05) is 12.1 Å². The second-order valence-electron chi connectivity index (χ2n) is 6.39. The minimum absolute atomic E-state index is 0. The van der Waals surface area contributed by atoms with Gasteiger partial charge in [-0.1, -0.05) is 42.5 Å². The van der Waals surface area contributed by atoms with Gasteiger partial charge in [-0.15, -0.1) is 0 Å². The van der Waals surface area contributed by atoms with Crippen LogP contribution in [0, 0.1) is 0 Å². The Bertz CT molecular complexity index is 601. The minimum Gasteiger partial charge on any atom is -1.00 e. The third-order valence-electron chi connectivity index (χ3n) is 4.88. The molecular formula is C19H26Cl2N2O. The number of phenolic OH excluding ortho intramolecular Hbond substituents is 1. The Morgan fingerprint density at radius 2 is 1.58 bits per heavy atom. The summed E-state index contributed by atoms with van der Waals surface area (Å²) in [5.41, 5.74) is 2.67. The van der Waals surface area contributed by atoms with Crippen LogP contribution in [0.4, 0.5) is 0 Å². The highest BCUT2D eigenvalue weighted by Gasteiger charge is 2.27. The fraction of sp³-hybridized carbons (Fsp3) is 0.368. The number of nitrogens with one attached hydrogen (secondary N) is 2. The molecule has 0 bridgehead atoms. The van der Waals surface area contributed by atoms with Gasteiger partial charge >= 0.3 is 0 Å². The van der Waals surface area contributed by atoms with Crippen molar-refractivity contribution in [2.45, 2.75) is 19.5 Å². The normalized spacial score (nSPS) is 21.2. The van der Waals surface area contributed by atoms with E-state index in [2.05, 4.69) is 43.3 Å². The van der Waals surface area contributed by atoms with E-state index in [1.165, 1.54) is 37.3 Å². The number of benzene rings is 2. The van der Waals surface area contributed by atoms with Gasteiger partial charge in [0.05, 0.1) is 0 Å². The zero-order valence-electron chi connectivity index (χ0n) is 14.0. The lowest BCUT2D eigenvalue weighted by Gasteiger charge is -2.33. The molecule has 0 aliphatic carbocycles. The molecule has 0 aromatic heterocycles. The van der Waals surface area contributed by atoms with Crippen molar-refractivity contribution in [2.75, 3.05) is 26.2 Å². The Labute approximate surface area is 157 Å². The van der Waals surface area contributed by atoms with Gasteiger partial charge in [0.2, 0.25) is 0 Å². The second kappa shape index (κ2) is 9.90. The number of aromatic hydroxyl groups is 1. The van der Waals surface area contributed by atoms with Gasteiger partial charge < -0.3 is 39.7 Å². The van der Waals surface area contributed by atoms with Crippen molar-refractivity contribution >= 4 is 0 Å². The first-order chi connectivity index (χ1) is 10.7. The second-order valence-corrected chi connectivity index (χ2v) is 6.39. The maximum Gasteiger partial charge on any atom is 0.127 e. The fourth-order valence-electron chi connectivity index (χ4n) is 3.45. The average molecular weight is 369 g/mol. The summed E-state index contributed by atoms with van der Waals surface area (Å²) in [6, 6.07) is 18.9. The monoisotopic (exact) mass is 368 g/mol. The van der Waals surface area contributed by atoms with E-state index in [9.17, 15) is 5.11 Å². The molecule has 2 aromatic rings. The van der Waals surface area contributed by atoms with Crippen molar-refractivity contribution in [3.8, 4) is 5.75 Å². The summed E-state index contributed by atoms with van der Waals surface area (Å²) >= 11 is 0. The summed E-state index contributed by atoms with van der Waals surface area (Å²) in [5.74, 6) is 0.372. The number of rotatable bonds is 4. The highest BCUT2D eigenvalue weighted by atomic mass is 35.5. The van der Waals surface area contributed by atoms with E-state index >= 15 is 0 Å². The molecule has 1 fully saturated rings. The highest BCUT2D eigenvalue weighted by molar-refractivity contribution is 5.28. The number of phenols is 1. The van der Waals surface area contributed by atoms with Crippen LogP contribution in [0.25, 0.3) is 0 Å². The van der Waals surface area contributed by atoms with Gasteiger partial charge in [0.25, 0.3) is 0 Å². The summed E-state index contributed by atoms with van der Waals surface area (Å²) in [4.78, 5) is 3.31. The quantitative estimate of drug-likeness (QED) is 0.493. The molecule has 1 atom stereocenters. The molecule has 2 aromatic carbocycles. The summed E-state index contributed by atoms with van der Waals surface area (Å²) in [5, 5.41) is 9.65. The molecule has 0 amide bonds. The molecule has 3 rings (SSSR count). The summed E-state index contributed by atoms with van der Waals surface area (Å²) in [6.07, 6.45) is 0. The van der Waals surface area contributed by atoms with E-state index in [0.29, 0.717) is 11.8 Å². The zero-order chi connectivity index (χ0) is 15.4. The summed E-state index contributed by atoms with van der Waals surface area (Å²) in [7, 11) is 0. The van der Waals surface area contributed by atoms with Crippen LogP contribution < -0.4 is 34.6 Å². The third-order valence-corrected chi connectivity index (χ3v) is 4.88. The lowest BCUT2D eigenvalue weighted by molar-refractivity contribution is -1.03. The van der Waals surface area contributed by atoms with Crippen molar-refractivity contribution in [1.82, 2.24) is 0 Å². The van der Waals surface area contributed by atoms with Crippen molar-refractivity contribution in [2.24, 2.45) is 0 Å². The van der Waals surface area contributed by atoms with Crippen LogP contribution in [-0.2, 0) is 6.54 Å². The smallest absolute Gasteiger partial charge is 0.127 e. The maximum atomic E-state index is 9.65. The Kier molecular flexibility index (Phi) is 8.57. The van der Waals surface area contributed by atoms with Crippen molar-refractivity contribution in [1.29, 1.82) is 0 Å². The molecule has 1 unspecified atom stereocenters. The molecule has 0 saturated carbocycles. The van der Waals surface area contributed by atoms with E-state index in [4.69, 9.17) is 0 Å². The Morgan fingerprint density at radius 1 is 0.917 bits per heavy atom. The zero-order valence-corrected chi connectivity index (χ0v) is 15.5. The van der Waals surface area contributed by atoms with E-state index in [0.717, 1.165) is 6.54 Å². The van der Waals surface area contributed by atoms with Crippen molar-refractivity contribution < 1.29 is 39.7 Å². The molecule has 0 spiro atoms. The molecule has 24 heavy (non-hydrogen) atoms. The molecule has 1 saturated heterocycles. The fourth-order valence-corrected chi connectivity index (χ4v) is 3.45. The Hall–Kier alpha value is -1.26. The standard InChI is InChI=1S/C19H24N2O.2ClH/c1-16(18-8-5-9-19(22)14-18)21-12-10-20(11-13-21)15-17-6-3-2-4-7-17;;/h2-9,14,16,22H,10-13,15H2,1H3;2*1H. The molecule has 1 aliphatic rings. The van der Waals surface area contributed by atoms with Crippen LogP contribution in [0.5, 0.6) is 5.75 Å². The van der Waals surface area contributed by atoms with Crippen LogP contribution in [0.2, 0.25) is 0 Å². The highest BCUT2D eigenvalue weighted by Crippen LogP contribution is 2.15. The van der Waals surface area contributed by atoms with Crippen LogP contribution in [0.1, 0.15) is 24.1 Å². The van der Waals surface area contributed by atoms with Gasteiger partial charge in [0, 0.05) is 11.1 Å². The molecule has 1 aliphatic heterocycles. The topological polar surface area (TPSA) is 29.1 Å². The van der Waals surface area contributed by atoms with E-state index in [1.54, 1.807) is 15.9 Å². The van der Waals surface area contributed by atoms with Gasteiger partial charge in [-0.05, 0) is 19.1 Å². The number of quaternary nitrogens is 2. The lowest BCUT2D eigenvalue weighted by Crippen LogP contribution is -3.27. The SMILES string of the molecule is CC(c1cccc(O)c1)[NH+]1CC[NH+](Cc2ccccc2)CC1.[Cl-].[Cl-]. The maximum absolute atomic E-state index is 9.65. The Morgan fingerprint density at radius 3 is 2.21 bits per heavy atom. The number of hydrogen-bond acceptors (Lipinski definition) is 1. The predicted octanol–water partition coefficient (Wildman–Crippen LogP) is -5.56. The van der Waals surface area contributed by atoms with Crippen LogP contribution in [-0.4, -0.2) is 31.3 Å². The van der Waals surface area contributed by atoms with Crippen molar-refractivity contribution in [3.05, 3.63) is 65.7 Å². The molecule has 0 radical (unpaired) electrons. The predicted molar refractivity (Wildman–Crippen MR) is 88.1 cm³/mol. The van der Waals surface area contributed by atoms with E-state index < -0.39 is 0 Å². The Balaban J connectivity index is 0.00000144. The van der Waals surface area contributed by atoms with Gasteiger partial charge in [-0.2, -0.15) is 0 Å². The van der Waals surface area contributed by atoms with Gasteiger partial charge in [0.1, 0.15) is 44.5 Å². The number of piperazine rings is 1. The number of halogens is 2. The summed E-state index contributed by atoms with van der Waals surface area (Å²) < 4.78 is 0. The van der Waals surface area contributed by atoms with Gasteiger partial charge in [-0.3, -0.25) is 0 Å².